The molecule has 1 aromatic rings. The van der Waals surface area contributed by atoms with Gasteiger partial charge < -0.3 is 10.6 Å². The number of benzene rings is 1. The Labute approximate surface area is 153 Å². The maximum atomic E-state index is 12.4. The van der Waals surface area contributed by atoms with Crippen LogP contribution in [-0.4, -0.2) is 35.7 Å². The van der Waals surface area contributed by atoms with Crippen LogP contribution in [0, 0.1) is 5.92 Å². The molecule has 0 bridgehead atoms. The number of carbonyl (C=O) groups excluding carboxylic acids is 4. The summed E-state index contributed by atoms with van der Waals surface area (Å²) in [6.07, 6.45) is 0.634. The second kappa shape index (κ2) is 10.2. The van der Waals surface area contributed by atoms with Crippen molar-refractivity contribution in [3.63, 3.8) is 0 Å². The Morgan fingerprint density at radius 2 is 1.50 bits per heavy atom. The zero-order chi connectivity index (χ0) is 19.7. The number of hydrogen-bond acceptors (Lipinski definition) is 4. The Balaban J connectivity index is 2.71. The van der Waals surface area contributed by atoms with E-state index in [1.54, 1.807) is 44.2 Å². The van der Waals surface area contributed by atoms with E-state index in [4.69, 9.17) is 0 Å². The van der Waals surface area contributed by atoms with Crippen molar-refractivity contribution in [2.24, 2.45) is 5.92 Å². The van der Waals surface area contributed by atoms with E-state index in [1.807, 2.05) is 13.8 Å². The highest BCUT2D eigenvalue weighted by molar-refractivity contribution is 6.35. The first-order valence-corrected chi connectivity index (χ1v) is 8.52. The van der Waals surface area contributed by atoms with Crippen molar-refractivity contribution in [2.75, 3.05) is 0 Å². The zero-order valence-electron chi connectivity index (χ0n) is 15.5. The summed E-state index contributed by atoms with van der Waals surface area (Å²) in [4.78, 5) is 47.9. The van der Waals surface area contributed by atoms with Crippen molar-refractivity contribution in [3.8, 4) is 0 Å². The van der Waals surface area contributed by atoms with E-state index < -0.39 is 29.7 Å². The van der Waals surface area contributed by atoms with Gasteiger partial charge in [0.25, 0.3) is 11.8 Å². The number of hydrogen-bond donors (Lipinski definition) is 4. The molecule has 0 spiro atoms. The quantitative estimate of drug-likeness (QED) is 0.436. The van der Waals surface area contributed by atoms with E-state index >= 15 is 0 Å². The van der Waals surface area contributed by atoms with Gasteiger partial charge in [-0.1, -0.05) is 38.5 Å². The van der Waals surface area contributed by atoms with Gasteiger partial charge >= 0.3 is 11.8 Å². The third-order valence-corrected chi connectivity index (χ3v) is 3.74. The summed E-state index contributed by atoms with van der Waals surface area (Å²) in [5, 5.41) is 5.08. The van der Waals surface area contributed by atoms with Crippen LogP contribution in [0.15, 0.2) is 30.3 Å². The molecule has 8 nitrogen and oxygen atoms in total. The van der Waals surface area contributed by atoms with Crippen molar-refractivity contribution >= 4 is 23.6 Å². The molecule has 0 aliphatic carbocycles. The minimum absolute atomic E-state index is 0.177. The summed E-state index contributed by atoms with van der Waals surface area (Å²) in [5.74, 6) is -3.01. The van der Waals surface area contributed by atoms with Crippen LogP contribution in [0.4, 0.5) is 0 Å². The fourth-order valence-electron chi connectivity index (χ4n) is 2.10. The molecular formula is C18H26N4O4. The minimum atomic E-state index is -0.982. The molecule has 4 amide bonds. The van der Waals surface area contributed by atoms with Gasteiger partial charge in [-0.05, 0) is 31.9 Å². The molecule has 4 N–H and O–H groups in total. The lowest BCUT2D eigenvalue weighted by Crippen LogP contribution is -2.56. The summed E-state index contributed by atoms with van der Waals surface area (Å²) in [5.41, 5.74) is 4.68. The minimum Gasteiger partial charge on any atom is -0.346 e. The molecule has 142 valence electrons. The molecule has 0 saturated carbocycles. The van der Waals surface area contributed by atoms with Crippen LogP contribution in [0.1, 0.15) is 44.5 Å². The van der Waals surface area contributed by atoms with Crippen LogP contribution >= 0.6 is 0 Å². The second-order valence-corrected chi connectivity index (χ2v) is 6.27. The van der Waals surface area contributed by atoms with Crippen LogP contribution < -0.4 is 21.5 Å². The first-order chi connectivity index (χ1) is 12.3. The largest absolute Gasteiger partial charge is 0.346 e. The van der Waals surface area contributed by atoms with E-state index in [-0.39, 0.29) is 12.0 Å². The van der Waals surface area contributed by atoms with Gasteiger partial charge in [-0.2, -0.15) is 0 Å². The van der Waals surface area contributed by atoms with E-state index in [2.05, 4.69) is 21.5 Å². The molecule has 0 aliphatic heterocycles. The molecule has 0 heterocycles. The lowest BCUT2D eigenvalue weighted by atomic mass is 9.98. The van der Waals surface area contributed by atoms with Gasteiger partial charge in [-0.3, -0.25) is 30.0 Å². The summed E-state index contributed by atoms with van der Waals surface area (Å²) < 4.78 is 0. The molecule has 0 aliphatic rings. The average molecular weight is 362 g/mol. The van der Waals surface area contributed by atoms with Gasteiger partial charge in [0, 0.05) is 11.6 Å². The van der Waals surface area contributed by atoms with E-state index in [0.717, 1.165) is 0 Å². The average Bonchev–Trinajstić information content (AvgIpc) is 2.63. The van der Waals surface area contributed by atoms with Gasteiger partial charge in [0.15, 0.2) is 0 Å². The number of hydrazine groups is 1. The summed E-state index contributed by atoms with van der Waals surface area (Å²) in [6.45, 7) is 7.11. The number of carbonyl (C=O) groups is 4. The van der Waals surface area contributed by atoms with Crippen molar-refractivity contribution in [3.05, 3.63) is 35.9 Å². The molecule has 26 heavy (non-hydrogen) atoms. The topological polar surface area (TPSA) is 116 Å². The fourth-order valence-corrected chi connectivity index (χ4v) is 2.10. The maximum absolute atomic E-state index is 12.4. The standard InChI is InChI=1S/C18H26N4O4/c1-5-12(4)14(20-15(23)13-9-7-6-8-10-13)16(24)21-22-18(26)17(25)19-11(2)3/h6-12,14H,5H2,1-4H3,(H,19,25)(H,20,23)(H,21,24)(H,22,26)/t12-,14+/m0/s1. The van der Waals surface area contributed by atoms with Crippen molar-refractivity contribution in [1.29, 1.82) is 0 Å². The Bertz CT molecular complexity index is 646. The Morgan fingerprint density at radius 1 is 0.885 bits per heavy atom. The summed E-state index contributed by atoms with van der Waals surface area (Å²) in [6, 6.07) is 7.44. The molecule has 0 saturated heterocycles. The molecule has 0 radical (unpaired) electrons. The van der Waals surface area contributed by atoms with Crippen LogP contribution in [-0.2, 0) is 14.4 Å². The molecule has 2 atom stereocenters. The first-order valence-electron chi connectivity index (χ1n) is 8.52. The molecule has 1 aromatic carbocycles. The molecule has 0 fully saturated rings. The molecule has 8 heteroatoms. The SMILES string of the molecule is CC[C@H](C)[C@@H](NC(=O)c1ccccc1)C(=O)NNC(=O)C(=O)NC(C)C. The van der Waals surface area contributed by atoms with E-state index in [1.165, 1.54) is 0 Å². The lowest BCUT2D eigenvalue weighted by Gasteiger charge is -2.23. The Hall–Kier alpha value is -2.90. The third-order valence-electron chi connectivity index (χ3n) is 3.74. The molecular weight excluding hydrogens is 336 g/mol. The summed E-state index contributed by atoms with van der Waals surface area (Å²) >= 11 is 0. The highest BCUT2D eigenvalue weighted by atomic mass is 16.2. The van der Waals surface area contributed by atoms with Crippen molar-refractivity contribution < 1.29 is 19.2 Å². The zero-order valence-corrected chi connectivity index (χ0v) is 15.5. The number of rotatable bonds is 6. The van der Waals surface area contributed by atoms with Crippen molar-refractivity contribution in [1.82, 2.24) is 21.5 Å². The first kappa shape index (κ1) is 21.1. The van der Waals surface area contributed by atoms with Crippen LogP contribution in [0.25, 0.3) is 0 Å². The van der Waals surface area contributed by atoms with Crippen LogP contribution in [0.3, 0.4) is 0 Å². The van der Waals surface area contributed by atoms with Crippen LogP contribution in [0.5, 0.6) is 0 Å². The monoisotopic (exact) mass is 362 g/mol. The second-order valence-electron chi connectivity index (χ2n) is 6.27. The van der Waals surface area contributed by atoms with E-state index in [0.29, 0.717) is 12.0 Å². The highest BCUT2D eigenvalue weighted by Gasteiger charge is 2.27. The Kier molecular flexibility index (Phi) is 8.27. The predicted octanol–water partition coefficient (Wildman–Crippen LogP) is 0.503. The number of amides is 4. The lowest BCUT2D eigenvalue weighted by molar-refractivity contribution is -0.141. The smallest absolute Gasteiger partial charge is 0.327 e. The van der Waals surface area contributed by atoms with Gasteiger partial charge in [0.05, 0.1) is 0 Å². The maximum Gasteiger partial charge on any atom is 0.327 e. The molecule has 0 aromatic heterocycles. The fraction of sp³-hybridized carbons (Fsp3) is 0.444. The van der Waals surface area contributed by atoms with Crippen molar-refractivity contribution in [2.45, 2.75) is 46.2 Å². The third kappa shape index (κ3) is 6.54. The van der Waals surface area contributed by atoms with Gasteiger partial charge in [-0.25, -0.2) is 0 Å². The highest BCUT2D eigenvalue weighted by Crippen LogP contribution is 2.09. The van der Waals surface area contributed by atoms with Gasteiger partial charge in [0.1, 0.15) is 6.04 Å². The number of nitrogens with one attached hydrogen (secondary N) is 4. The molecule has 1 rings (SSSR count). The van der Waals surface area contributed by atoms with Gasteiger partial charge in [-0.15, -0.1) is 0 Å². The molecule has 0 unspecified atom stereocenters. The van der Waals surface area contributed by atoms with Gasteiger partial charge in [0.2, 0.25) is 0 Å². The normalized spacial score (nSPS) is 12.7. The predicted molar refractivity (Wildman–Crippen MR) is 96.7 cm³/mol. The van der Waals surface area contributed by atoms with Crippen LogP contribution in [0.2, 0.25) is 0 Å². The Morgan fingerprint density at radius 3 is 2.04 bits per heavy atom. The van der Waals surface area contributed by atoms with E-state index in [9.17, 15) is 19.2 Å². The summed E-state index contributed by atoms with van der Waals surface area (Å²) in [7, 11) is 0.